The second-order valence-electron chi connectivity index (χ2n) is 16.8. The second-order valence-corrected chi connectivity index (χ2v) is 16.8. The maximum absolute atomic E-state index is 3.64. The summed E-state index contributed by atoms with van der Waals surface area (Å²) in [5.41, 5.74) is 22.9. The summed E-state index contributed by atoms with van der Waals surface area (Å²) in [7, 11) is 0. The van der Waals surface area contributed by atoms with Gasteiger partial charge in [0.15, 0.2) is 0 Å². The number of hydrogen-bond acceptors (Lipinski definition) is 2. The van der Waals surface area contributed by atoms with E-state index in [2.05, 4.69) is 250 Å². The van der Waals surface area contributed by atoms with Crippen LogP contribution in [0.2, 0.25) is 0 Å². The SMILES string of the molecule is CC1(C)C2=CC(N(c3ccccc3)c3ccc(C=Cc4ccc5c(c4)C(C)(C)c4cc(N(c6ccccc6)c6ccccc6)ccc4-5)cc3)=CC=C=C2c2ccccc21. The Labute approximate surface area is 348 Å². The van der Waals surface area contributed by atoms with E-state index in [0.29, 0.717) is 0 Å². The number of rotatable bonds is 8. The number of hydrogen-bond donors (Lipinski definition) is 0. The van der Waals surface area contributed by atoms with Crippen LogP contribution in [-0.4, -0.2) is 0 Å². The number of fused-ring (bicyclic) bond motifs is 6. The first-order chi connectivity index (χ1) is 28.8. The van der Waals surface area contributed by atoms with Gasteiger partial charge in [0.2, 0.25) is 0 Å². The lowest BCUT2D eigenvalue weighted by Gasteiger charge is -2.28. The Morgan fingerprint density at radius 2 is 0.932 bits per heavy atom. The molecule has 0 saturated carbocycles. The normalized spacial score (nSPS) is 15.3. The van der Waals surface area contributed by atoms with Crippen molar-refractivity contribution in [3.63, 3.8) is 0 Å². The van der Waals surface area contributed by atoms with E-state index < -0.39 is 0 Å². The number of nitrogens with zero attached hydrogens (tertiary/aromatic N) is 2. The molecule has 0 fully saturated rings. The van der Waals surface area contributed by atoms with Gasteiger partial charge in [0, 0.05) is 50.5 Å². The van der Waals surface area contributed by atoms with Crippen LogP contribution in [0.15, 0.2) is 211 Å². The Kier molecular flexibility index (Phi) is 8.82. The number of benzene rings is 7. The molecule has 0 unspecified atom stereocenters. The van der Waals surface area contributed by atoms with Crippen LogP contribution >= 0.6 is 0 Å². The Balaban J connectivity index is 0.932. The highest BCUT2D eigenvalue weighted by Crippen LogP contribution is 2.52. The maximum Gasteiger partial charge on any atom is 0.0471 e. The van der Waals surface area contributed by atoms with E-state index in [1.807, 2.05) is 0 Å². The van der Waals surface area contributed by atoms with Crippen molar-refractivity contribution in [3.8, 4) is 11.1 Å². The quantitative estimate of drug-likeness (QED) is 0.112. The molecule has 0 aromatic heterocycles. The maximum atomic E-state index is 3.64. The average Bonchev–Trinajstić information content (AvgIpc) is 3.47. The van der Waals surface area contributed by atoms with E-state index in [1.54, 1.807) is 0 Å². The van der Waals surface area contributed by atoms with Gasteiger partial charge in [-0.2, -0.15) is 0 Å². The van der Waals surface area contributed by atoms with Gasteiger partial charge in [0.25, 0.3) is 0 Å². The lowest BCUT2D eigenvalue weighted by molar-refractivity contribution is 0.660. The third kappa shape index (κ3) is 6.30. The highest BCUT2D eigenvalue weighted by molar-refractivity contribution is 5.91. The van der Waals surface area contributed by atoms with Crippen LogP contribution in [0.3, 0.4) is 0 Å². The fourth-order valence-electron chi connectivity index (χ4n) is 9.34. The molecule has 2 nitrogen and oxygen atoms in total. The zero-order valence-electron chi connectivity index (χ0n) is 34.0. The second kappa shape index (κ2) is 14.4. The smallest absolute Gasteiger partial charge is 0.0471 e. The van der Waals surface area contributed by atoms with Gasteiger partial charge in [-0.1, -0.05) is 155 Å². The van der Waals surface area contributed by atoms with Crippen molar-refractivity contribution in [2.45, 2.75) is 38.5 Å². The standard InChI is InChI=1S/C57H46N2/c1-56(2)52-26-15-14-24-48(52)49-25-16-23-46(38-54(49)56)59(44-21-12-7-13-22-44)45-32-29-40(30-33-45)27-28-41-31-35-50-51-36-34-47(39-55(51)57(3,4)53(50)37-41)58(42-17-8-5-9-18-42)43-19-10-6-11-20-43/h5-24,26-39H,1-4H3. The monoisotopic (exact) mass is 758 g/mol. The third-order valence-electron chi connectivity index (χ3n) is 12.4. The minimum Gasteiger partial charge on any atom is -0.310 e. The minimum absolute atomic E-state index is 0.127. The molecule has 10 rings (SSSR count). The molecular weight excluding hydrogens is 713 g/mol. The van der Waals surface area contributed by atoms with E-state index in [1.165, 1.54) is 50.1 Å². The van der Waals surface area contributed by atoms with Gasteiger partial charge in [-0.25, -0.2) is 0 Å². The fourth-order valence-corrected chi connectivity index (χ4v) is 9.34. The van der Waals surface area contributed by atoms with Crippen LogP contribution in [-0.2, 0) is 10.8 Å². The van der Waals surface area contributed by atoms with Gasteiger partial charge in [-0.05, 0) is 129 Å². The molecule has 3 aliphatic carbocycles. The van der Waals surface area contributed by atoms with Crippen molar-refractivity contribution in [2.75, 3.05) is 9.80 Å². The first kappa shape index (κ1) is 36.2. The summed E-state index contributed by atoms with van der Waals surface area (Å²) in [6.07, 6.45) is 11.1. The highest BCUT2D eigenvalue weighted by atomic mass is 15.1. The predicted octanol–water partition coefficient (Wildman–Crippen LogP) is 15.1. The van der Waals surface area contributed by atoms with Gasteiger partial charge < -0.3 is 9.80 Å². The lowest BCUT2D eigenvalue weighted by atomic mass is 9.81. The largest absolute Gasteiger partial charge is 0.310 e. The van der Waals surface area contributed by atoms with Crippen molar-refractivity contribution in [3.05, 3.63) is 245 Å². The predicted molar refractivity (Wildman–Crippen MR) is 250 cm³/mol. The van der Waals surface area contributed by atoms with E-state index in [-0.39, 0.29) is 10.8 Å². The van der Waals surface area contributed by atoms with Crippen molar-refractivity contribution in [1.82, 2.24) is 0 Å². The molecule has 7 aromatic carbocycles. The zero-order chi connectivity index (χ0) is 40.1. The minimum atomic E-state index is -0.157. The molecule has 284 valence electrons. The van der Waals surface area contributed by atoms with Crippen molar-refractivity contribution in [2.24, 2.45) is 0 Å². The average molecular weight is 759 g/mol. The van der Waals surface area contributed by atoms with Crippen molar-refractivity contribution in [1.29, 1.82) is 0 Å². The number of para-hydroxylation sites is 3. The lowest BCUT2D eigenvalue weighted by Crippen LogP contribution is -2.19. The molecule has 0 N–H and O–H groups in total. The van der Waals surface area contributed by atoms with Crippen LogP contribution in [0.5, 0.6) is 0 Å². The third-order valence-corrected chi connectivity index (χ3v) is 12.4. The summed E-state index contributed by atoms with van der Waals surface area (Å²) < 4.78 is 0. The summed E-state index contributed by atoms with van der Waals surface area (Å²) in [5, 5.41) is 0. The topological polar surface area (TPSA) is 6.48 Å². The van der Waals surface area contributed by atoms with E-state index in [4.69, 9.17) is 0 Å². The van der Waals surface area contributed by atoms with E-state index >= 15 is 0 Å². The van der Waals surface area contributed by atoms with Crippen molar-refractivity contribution >= 4 is 46.2 Å². The molecule has 59 heavy (non-hydrogen) atoms. The number of allylic oxidation sites excluding steroid dienone is 4. The van der Waals surface area contributed by atoms with Gasteiger partial charge in [-0.3, -0.25) is 0 Å². The van der Waals surface area contributed by atoms with Gasteiger partial charge >= 0.3 is 0 Å². The molecule has 0 radical (unpaired) electrons. The summed E-state index contributed by atoms with van der Waals surface area (Å²) in [4.78, 5) is 4.70. The first-order valence-corrected chi connectivity index (χ1v) is 20.6. The Morgan fingerprint density at radius 3 is 1.59 bits per heavy atom. The van der Waals surface area contributed by atoms with Crippen LogP contribution in [0.25, 0.3) is 28.9 Å². The van der Waals surface area contributed by atoms with Gasteiger partial charge in [-0.15, -0.1) is 5.73 Å². The summed E-state index contributed by atoms with van der Waals surface area (Å²) in [6, 6.07) is 63.5. The zero-order valence-corrected chi connectivity index (χ0v) is 34.0. The fraction of sp³-hybridized carbons (Fsp3) is 0.105. The molecule has 0 atom stereocenters. The highest BCUT2D eigenvalue weighted by Gasteiger charge is 2.39. The molecule has 0 amide bonds. The molecule has 0 spiro atoms. The first-order valence-electron chi connectivity index (χ1n) is 20.6. The number of anilines is 5. The molecule has 0 bridgehead atoms. The molecule has 2 heteroatoms. The summed E-state index contributed by atoms with van der Waals surface area (Å²) >= 11 is 0. The molecule has 0 aliphatic heterocycles. The van der Waals surface area contributed by atoms with Crippen molar-refractivity contribution < 1.29 is 0 Å². The molecule has 0 saturated heterocycles. The van der Waals surface area contributed by atoms with Gasteiger partial charge in [0.05, 0.1) is 0 Å². The Hall–Kier alpha value is -7.12. The van der Waals surface area contributed by atoms with Crippen LogP contribution in [0.4, 0.5) is 28.4 Å². The summed E-state index contributed by atoms with van der Waals surface area (Å²) in [6.45, 7) is 9.37. The van der Waals surface area contributed by atoms with Crippen LogP contribution < -0.4 is 9.80 Å². The molecule has 3 aliphatic rings. The van der Waals surface area contributed by atoms with E-state index in [0.717, 1.165) is 39.7 Å². The molecule has 0 heterocycles. The van der Waals surface area contributed by atoms with E-state index in [9.17, 15) is 0 Å². The molecule has 7 aromatic rings. The van der Waals surface area contributed by atoms with Crippen LogP contribution in [0, 0.1) is 0 Å². The Bertz CT molecular complexity index is 2840. The van der Waals surface area contributed by atoms with Gasteiger partial charge in [0.1, 0.15) is 0 Å². The van der Waals surface area contributed by atoms with Crippen LogP contribution in [0.1, 0.15) is 61.1 Å². The summed E-state index contributed by atoms with van der Waals surface area (Å²) in [5.74, 6) is 0. The molecular formula is C57H46N2. The Morgan fingerprint density at radius 1 is 0.424 bits per heavy atom.